The fourth-order valence-electron chi connectivity index (χ4n) is 9.81. The lowest BCUT2D eigenvalue weighted by molar-refractivity contribution is -0.161. The summed E-state index contributed by atoms with van der Waals surface area (Å²) in [7, 11) is -9.96. The maximum absolute atomic E-state index is 13.1. The van der Waals surface area contributed by atoms with Crippen molar-refractivity contribution in [1.29, 1.82) is 0 Å². The van der Waals surface area contributed by atoms with Crippen LogP contribution in [0.15, 0.2) is 97.2 Å². The van der Waals surface area contributed by atoms with E-state index in [4.69, 9.17) is 37.0 Å². The molecule has 0 aliphatic rings. The van der Waals surface area contributed by atoms with E-state index in [1.54, 1.807) is 0 Å². The number of allylic oxidation sites excluding steroid dienone is 16. The van der Waals surface area contributed by atoms with E-state index in [-0.39, 0.29) is 25.7 Å². The minimum atomic E-state index is -4.99. The zero-order valence-electron chi connectivity index (χ0n) is 60.3. The number of phosphoric ester groups is 2. The second-order valence-electron chi connectivity index (χ2n) is 24.9. The molecular formula is C77H134O17P2. The fourth-order valence-corrected chi connectivity index (χ4v) is 11.4. The van der Waals surface area contributed by atoms with Gasteiger partial charge in [0.05, 0.1) is 26.4 Å². The molecule has 0 fully saturated rings. The SMILES string of the molecule is CC/C=C\C/C=C\C/C=C\C/C=C\C/C=C\C/C=C\CCC(=O)OCC(COP(=O)(O)OCC(O)COP(=O)(O)OCC(COC(=O)CCCCCCC/C=C\CCCC)OC(=O)CCCCCCCCCCCCC)OC(=O)CCCCCCC/C=C\CCCCCCCC. The van der Waals surface area contributed by atoms with Crippen LogP contribution in [0, 0.1) is 0 Å². The average molecular weight is 1390 g/mol. The molecule has 5 atom stereocenters. The fraction of sp³-hybridized carbons (Fsp3) is 0.740. The molecule has 0 radical (unpaired) electrons. The van der Waals surface area contributed by atoms with Crippen molar-refractivity contribution in [2.75, 3.05) is 39.6 Å². The van der Waals surface area contributed by atoms with Crippen LogP contribution in [0.1, 0.15) is 310 Å². The second-order valence-corrected chi connectivity index (χ2v) is 27.8. The standard InChI is InChI=1S/C77H134O17P2/c1-5-9-13-17-21-25-29-31-33-34-35-36-38-39-43-46-50-54-58-62-75(80)88-68-73(94-77(82)64-60-56-52-48-44-40-37-32-30-26-22-18-14-10-6-2)70-92-96(85,86)90-66-71(78)65-89-95(83,84)91-69-72(93-76(81)63-59-55-51-47-42-28-24-20-16-12-8-4)67-87-74(79)61-57-53-49-45-41-27-23-19-15-11-7-3/h9,13,19,21,23,25,31-33,35-37,39,43,50,54,71-73,78H,5-8,10-12,14-18,20,22,24,26-30,34,38,40-42,44-49,51-53,55-70H2,1-4H3,(H,83,84)(H,85,86)/b13-9-,23-19-,25-21-,33-31-,36-35-,37-32-,43-39-,54-50-. The van der Waals surface area contributed by atoms with Gasteiger partial charge in [0.15, 0.2) is 12.2 Å². The van der Waals surface area contributed by atoms with Crippen molar-refractivity contribution in [3.05, 3.63) is 97.2 Å². The predicted octanol–water partition coefficient (Wildman–Crippen LogP) is 21.2. The first-order valence-electron chi connectivity index (χ1n) is 37.5. The lowest BCUT2D eigenvalue weighted by atomic mass is 10.1. The third-order valence-corrected chi connectivity index (χ3v) is 17.4. The molecule has 0 bridgehead atoms. The van der Waals surface area contributed by atoms with E-state index >= 15 is 0 Å². The van der Waals surface area contributed by atoms with Crippen LogP contribution in [0.2, 0.25) is 0 Å². The van der Waals surface area contributed by atoms with Crippen LogP contribution < -0.4 is 0 Å². The highest BCUT2D eigenvalue weighted by atomic mass is 31.2. The summed E-state index contributed by atoms with van der Waals surface area (Å²) in [6.45, 7) is 4.61. The number of rotatable bonds is 70. The van der Waals surface area contributed by atoms with Gasteiger partial charge in [0.2, 0.25) is 0 Å². The molecule has 19 heteroatoms. The monoisotopic (exact) mass is 1390 g/mol. The topological polar surface area (TPSA) is 237 Å². The van der Waals surface area contributed by atoms with Gasteiger partial charge in [-0.05, 0) is 109 Å². The summed E-state index contributed by atoms with van der Waals surface area (Å²) in [5.41, 5.74) is 0. The van der Waals surface area contributed by atoms with Crippen LogP contribution in [0.4, 0.5) is 0 Å². The number of aliphatic hydroxyl groups is 1. The highest BCUT2D eigenvalue weighted by Crippen LogP contribution is 2.45. The average Bonchev–Trinajstić information content (AvgIpc) is 1.41. The maximum Gasteiger partial charge on any atom is 0.472 e. The molecule has 17 nitrogen and oxygen atoms in total. The summed E-state index contributed by atoms with van der Waals surface area (Å²) in [4.78, 5) is 72.6. The third-order valence-electron chi connectivity index (χ3n) is 15.5. The van der Waals surface area contributed by atoms with Crippen molar-refractivity contribution in [3.8, 4) is 0 Å². The molecule has 0 saturated heterocycles. The van der Waals surface area contributed by atoms with Crippen molar-refractivity contribution in [1.82, 2.24) is 0 Å². The zero-order chi connectivity index (χ0) is 70.4. The predicted molar refractivity (Wildman–Crippen MR) is 390 cm³/mol. The third kappa shape index (κ3) is 68.5. The van der Waals surface area contributed by atoms with Crippen LogP contribution in [0.3, 0.4) is 0 Å². The van der Waals surface area contributed by atoms with Crippen LogP contribution >= 0.6 is 15.6 Å². The van der Waals surface area contributed by atoms with Crippen LogP contribution in [0.5, 0.6) is 0 Å². The first-order valence-corrected chi connectivity index (χ1v) is 40.5. The van der Waals surface area contributed by atoms with Crippen LogP contribution in [-0.4, -0.2) is 96.7 Å². The summed E-state index contributed by atoms with van der Waals surface area (Å²) in [5, 5.41) is 10.6. The Morgan fingerprint density at radius 2 is 0.573 bits per heavy atom. The van der Waals surface area contributed by atoms with E-state index < -0.39 is 97.5 Å². The highest BCUT2D eigenvalue weighted by Gasteiger charge is 2.30. The van der Waals surface area contributed by atoms with Gasteiger partial charge in [-0.15, -0.1) is 0 Å². The van der Waals surface area contributed by atoms with Crippen LogP contribution in [0.25, 0.3) is 0 Å². The molecule has 5 unspecified atom stereocenters. The highest BCUT2D eigenvalue weighted by molar-refractivity contribution is 7.47. The largest absolute Gasteiger partial charge is 0.472 e. The Morgan fingerprint density at radius 1 is 0.302 bits per heavy atom. The molecule has 0 aromatic heterocycles. The summed E-state index contributed by atoms with van der Waals surface area (Å²) >= 11 is 0. The normalized spacial score (nSPS) is 14.5. The lowest BCUT2D eigenvalue weighted by Crippen LogP contribution is -2.30. The van der Waals surface area contributed by atoms with Crippen molar-refractivity contribution in [2.45, 2.75) is 329 Å². The van der Waals surface area contributed by atoms with E-state index in [9.17, 15) is 43.2 Å². The van der Waals surface area contributed by atoms with E-state index in [2.05, 4.69) is 107 Å². The van der Waals surface area contributed by atoms with Crippen molar-refractivity contribution in [2.24, 2.45) is 0 Å². The van der Waals surface area contributed by atoms with E-state index in [0.29, 0.717) is 32.1 Å². The van der Waals surface area contributed by atoms with E-state index in [0.717, 1.165) is 135 Å². The Balaban J connectivity index is 5.38. The van der Waals surface area contributed by atoms with Crippen molar-refractivity contribution in [3.63, 3.8) is 0 Å². The van der Waals surface area contributed by atoms with Gasteiger partial charge in [-0.3, -0.25) is 37.3 Å². The number of esters is 4. The molecule has 0 saturated carbocycles. The number of carbonyl (C=O) groups excluding carboxylic acids is 4. The second kappa shape index (κ2) is 69.5. The van der Waals surface area contributed by atoms with Gasteiger partial charge in [0.25, 0.3) is 0 Å². The molecule has 0 rings (SSSR count). The molecule has 0 aliphatic heterocycles. The smallest absolute Gasteiger partial charge is 0.462 e. The van der Waals surface area contributed by atoms with Crippen molar-refractivity contribution >= 4 is 39.5 Å². The van der Waals surface area contributed by atoms with Gasteiger partial charge >= 0.3 is 39.5 Å². The first-order chi connectivity index (χ1) is 46.7. The van der Waals surface area contributed by atoms with Gasteiger partial charge < -0.3 is 33.8 Å². The minimum Gasteiger partial charge on any atom is -0.462 e. The van der Waals surface area contributed by atoms with Gasteiger partial charge in [0.1, 0.15) is 19.3 Å². The van der Waals surface area contributed by atoms with Gasteiger partial charge in [0, 0.05) is 25.7 Å². The Labute approximate surface area is 582 Å². The lowest BCUT2D eigenvalue weighted by Gasteiger charge is -2.21. The number of aliphatic hydroxyl groups excluding tert-OH is 1. The van der Waals surface area contributed by atoms with Crippen molar-refractivity contribution < 1.29 is 80.2 Å². The molecule has 0 heterocycles. The zero-order valence-corrected chi connectivity index (χ0v) is 62.1. The number of hydrogen-bond donors (Lipinski definition) is 3. The number of carbonyl (C=O) groups is 4. The Bertz CT molecular complexity index is 2200. The molecule has 0 aromatic rings. The van der Waals surface area contributed by atoms with E-state index in [1.807, 2.05) is 18.2 Å². The molecule has 554 valence electrons. The number of phosphoric acid groups is 2. The summed E-state index contributed by atoms with van der Waals surface area (Å²) in [5.74, 6) is -2.28. The molecule has 0 aliphatic carbocycles. The van der Waals surface area contributed by atoms with Crippen LogP contribution in [-0.2, 0) is 65.4 Å². The van der Waals surface area contributed by atoms with E-state index in [1.165, 1.54) is 89.9 Å². The first kappa shape index (κ1) is 92.0. The summed E-state index contributed by atoms with van der Waals surface area (Å²) in [6, 6.07) is 0. The molecule has 0 amide bonds. The Hall–Kier alpha value is -4.02. The molecular weight excluding hydrogens is 1260 g/mol. The molecule has 3 N–H and O–H groups in total. The summed E-state index contributed by atoms with van der Waals surface area (Å²) < 4.78 is 68.2. The Morgan fingerprint density at radius 3 is 0.927 bits per heavy atom. The maximum atomic E-state index is 13.1. The number of ether oxygens (including phenoxy) is 4. The van der Waals surface area contributed by atoms with Gasteiger partial charge in [-0.1, -0.05) is 273 Å². The van der Waals surface area contributed by atoms with Gasteiger partial charge in [-0.2, -0.15) is 0 Å². The Kier molecular flexibility index (Phi) is 66.6. The molecule has 0 spiro atoms. The number of hydrogen-bond acceptors (Lipinski definition) is 15. The van der Waals surface area contributed by atoms with Gasteiger partial charge in [-0.25, -0.2) is 9.13 Å². The molecule has 0 aromatic carbocycles. The minimum absolute atomic E-state index is 0.0350. The number of unbranched alkanes of at least 4 members (excludes halogenated alkanes) is 28. The summed E-state index contributed by atoms with van der Waals surface area (Å²) in [6.07, 6.45) is 71.4. The molecule has 96 heavy (non-hydrogen) atoms. The quantitative estimate of drug-likeness (QED) is 0.0169.